The van der Waals surface area contributed by atoms with Crippen molar-refractivity contribution in [3.63, 3.8) is 0 Å². The molecule has 4 rings (SSSR count). The molecule has 0 fully saturated rings. The zero-order valence-electron chi connectivity index (χ0n) is 18.9. The number of amides is 1. The Kier molecular flexibility index (Phi) is 5.86. The fraction of sp³-hybridized carbons (Fsp3) is 0.320. The molecule has 8 heteroatoms. The lowest BCUT2D eigenvalue weighted by atomic mass is 9.97. The van der Waals surface area contributed by atoms with E-state index in [1.165, 1.54) is 38.4 Å². The predicted molar refractivity (Wildman–Crippen MR) is 120 cm³/mol. The number of benzene rings is 1. The number of fused-ring (bicyclic) bond motifs is 1. The first kappa shape index (κ1) is 22.8. The van der Waals surface area contributed by atoms with Crippen molar-refractivity contribution in [2.45, 2.75) is 46.0 Å². The normalized spacial score (nSPS) is 14.4. The number of halogens is 3. The Labute approximate surface area is 190 Å². The number of hydrogen-bond acceptors (Lipinski definition) is 4. The summed E-state index contributed by atoms with van der Waals surface area (Å²) < 4.78 is 44.4. The van der Waals surface area contributed by atoms with Crippen LogP contribution in [0.1, 0.15) is 60.9 Å². The van der Waals surface area contributed by atoms with Gasteiger partial charge in [0.2, 0.25) is 0 Å². The van der Waals surface area contributed by atoms with Crippen molar-refractivity contribution < 1.29 is 18.0 Å². The zero-order valence-corrected chi connectivity index (χ0v) is 18.9. The fourth-order valence-corrected chi connectivity index (χ4v) is 3.99. The lowest BCUT2D eigenvalue weighted by molar-refractivity contribution is 0.0787. The minimum atomic E-state index is -1.71. The Morgan fingerprint density at radius 2 is 1.82 bits per heavy atom. The Morgan fingerprint density at radius 1 is 1.09 bits per heavy atom. The quantitative estimate of drug-likeness (QED) is 0.513. The summed E-state index contributed by atoms with van der Waals surface area (Å²) in [5.41, 5.74) is 0.223. The monoisotopic (exact) mass is 454 g/mol. The highest BCUT2D eigenvalue weighted by Crippen LogP contribution is 2.33. The van der Waals surface area contributed by atoms with Crippen molar-refractivity contribution in [2.24, 2.45) is 0 Å². The highest BCUT2D eigenvalue weighted by atomic mass is 19.1. The van der Waals surface area contributed by atoms with E-state index in [2.05, 4.69) is 15.3 Å². The Morgan fingerprint density at radius 3 is 2.52 bits per heavy atom. The van der Waals surface area contributed by atoms with Crippen LogP contribution >= 0.6 is 0 Å². The molecule has 0 radical (unpaired) electrons. The van der Waals surface area contributed by atoms with Crippen LogP contribution in [0.15, 0.2) is 42.7 Å². The van der Waals surface area contributed by atoms with Crippen molar-refractivity contribution in [1.29, 1.82) is 0 Å². The van der Waals surface area contributed by atoms with E-state index in [9.17, 15) is 9.18 Å². The Balaban J connectivity index is 1.64. The van der Waals surface area contributed by atoms with Gasteiger partial charge in [0.1, 0.15) is 23.1 Å². The SMILES string of the molecule is CCN1Cc2c(ccnc2NC(C)c2cc(F)c(-c3ccnc(C(C)(C)F)c3)cc2F)C1=O. The van der Waals surface area contributed by atoms with E-state index >= 15 is 8.78 Å². The number of carbonyl (C=O) groups excluding carboxylic acids is 1. The van der Waals surface area contributed by atoms with Gasteiger partial charge in [-0.05, 0) is 63.6 Å². The average Bonchev–Trinajstić information content (AvgIpc) is 3.11. The molecule has 0 spiro atoms. The molecule has 1 aliphatic heterocycles. The van der Waals surface area contributed by atoms with E-state index in [1.807, 2.05) is 6.92 Å². The molecule has 3 aromatic rings. The summed E-state index contributed by atoms with van der Waals surface area (Å²) in [6.07, 6.45) is 2.91. The number of alkyl halides is 1. The topological polar surface area (TPSA) is 58.1 Å². The minimum Gasteiger partial charge on any atom is -0.363 e. The van der Waals surface area contributed by atoms with Crippen molar-refractivity contribution in [1.82, 2.24) is 14.9 Å². The van der Waals surface area contributed by atoms with Gasteiger partial charge in [0.05, 0.1) is 18.3 Å². The van der Waals surface area contributed by atoms with Crippen LogP contribution in [0.4, 0.5) is 19.0 Å². The van der Waals surface area contributed by atoms with Gasteiger partial charge in [0, 0.05) is 41.2 Å². The molecular weight excluding hydrogens is 429 g/mol. The summed E-state index contributed by atoms with van der Waals surface area (Å²) in [6, 6.07) is 6.24. The molecule has 1 aromatic carbocycles. The van der Waals surface area contributed by atoms with Gasteiger partial charge in [0.25, 0.3) is 5.91 Å². The molecule has 3 heterocycles. The molecular formula is C25H25F3N4O. The molecule has 2 aromatic heterocycles. The van der Waals surface area contributed by atoms with Gasteiger partial charge >= 0.3 is 0 Å². The number of pyridine rings is 2. The van der Waals surface area contributed by atoms with Crippen molar-refractivity contribution in [2.75, 3.05) is 11.9 Å². The van der Waals surface area contributed by atoms with Gasteiger partial charge in [-0.25, -0.2) is 18.2 Å². The van der Waals surface area contributed by atoms with Crippen LogP contribution in [0.25, 0.3) is 11.1 Å². The average molecular weight is 454 g/mol. The van der Waals surface area contributed by atoms with Gasteiger partial charge in [-0.1, -0.05) is 0 Å². The zero-order chi connectivity index (χ0) is 23.9. The highest BCUT2D eigenvalue weighted by molar-refractivity contribution is 5.99. The van der Waals surface area contributed by atoms with E-state index in [1.54, 1.807) is 17.9 Å². The van der Waals surface area contributed by atoms with Gasteiger partial charge in [0.15, 0.2) is 0 Å². The van der Waals surface area contributed by atoms with Crippen molar-refractivity contribution in [3.8, 4) is 11.1 Å². The predicted octanol–water partition coefficient (Wildman–Crippen LogP) is 5.78. The molecule has 1 N–H and O–H groups in total. The molecule has 0 saturated heterocycles. The minimum absolute atomic E-state index is 0.0271. The van der Waals surface area contributed by atoms with Crippen molar-refractivity contribution in [3.05, 3.63) is 76.7 Å². The lowest BCUT2D eigenvalue weighted by Crippen LogP contribution is -2.22. The highest BCUT2D eigenvalue weighted by Gasteiger charge is 2.29. The maximum absolute atomic E-state index is 15.1. The molecule has 33 heavy (non-hydrogen) atoms. The van der Waals surface area contributed by atoms with Crippen LogP contribution in [-0.4, -0.2) is 27.3 Å². The molecule has 1 aliphatic rings. The number of rotatable bonds is 6. The van der Waals surface area contributed by atoms with Crippen LogP contribution in [0, 0.1) is 11.6 Å². The molecule has 1 atom stereocenters. The number of aromatic nitrogens is 2. The molecule has 0 aliphatic carbocycles. The third-order valence-corrected chi connectivity index (χ3v) is 5.89. The summed E-state index contributed by atoms with van der Waals surface area (Å²) in [4.78, 5) is 22.4. The van der Waals surface area contributed by atoms with Crippen LogP contribution in [0.3, 0.4) is 0 Å². The first-order chi connectivity index (χ1) is 15.6. The smallest absolute Gasteiger partial charge is 0.254 e. The van der Waals surface area contributed by atoms with Gasteiger partial charge in [-0.3, -0.25) is 9.78 Å². The van der Waals surface area contributed by atoms with E-state index in [0.717, 1.165) is 17.7 Å². The van der Waals surface area contributed by atoms with E-state index in [-0.39, 0.29) is 22.7 Å². The fourth-order valence-electron chi connectivity index (χ4n) is 3.99. The van der Waals surface area contributed by atoms with E-state index < -0.39 is 23.3 Å². The summed E-state index contributed by atoms with van der Waals surface area (Å²) in [7, 11) is 0. The van der Waals surface area contributed by atoms with Gasteiger partial charge < -0.3 is 10.2 Å². The second-order valence-corrected chi connectivity index (χ2v) is 8.63. The molecule has 0 saturated carbocycles. The van der Waals surface area contributed by atoms with Gasteiger partial charge in [-0.15, -0.1) is 0 Å². The second kappa shape index (κ2) is 8.50. The standard InChI is InChI=1S/C25H25F3N4O/c1-5-32-13-19-16(24(32)33)7-9-30-23(19)31-14(2)17-11-21(27)18(12-20(17)26)15-6-8-29-22(10-15)25(3,4)28/h6-12,14H,5,13H2,1-4H3,(H,30,31). The number of nitrogens with zero attached hydrogens (tertiary/aromatic N) is 3. The van der Waals surface area contributed by atoms with Crippen LogP contribution in [-0.2, 0) is 12.2 Å². The summed E-state index contributed by atoms with van der Waals surface area (Å²) in [5.74, 6) is -0.840. The summed E-state index contributed by atoms with van der Waals surface area (Å²) in [6.45, 7) is 7.29. The van der Waals surface area contributed by atoms with Gasteiger partial charge in [-0.2, -0.15) is 0 Å². The third-order valence-electron chi connectivity index (χ3n) is 5.89. The van der Waals surface area contributed by atoms with E-state index in [0.29, 0.717) is 30.0 Å². The maximum Gasteiger partial charge on any atom is 0.254 e. The van der Waals surface area contributed by atoms with E-state index in [4.69, 9.17) is 0 Å². The number of anilines is 1. The van der Waals surface area contributed by atoms with Crippen LogP contribution in [0.2, 0.25) is 0 Å². The second-order valence-electron chi connectivity index (χ2n) is 8.63. The lowest BCUT2D eigenvalue weighted by Gasteiger charge is -2.19. The molecule has 5 nitrogen and oxygen atoms in total. The molecule has 172 valence electrons. The summed E-state index contributed by atoms with van der Waals surface area (Å²) >= 11 is 0. The Hall–Kier alpha value is -3.42. The first-order valence-corrected chi connectivity index (χ1v) is 10.8. The third kappa shape index (κ3) is 4.29. The molecule has 1 amide bonds. The number of nitrogens with one attached hydrogen (secondary N) is 1. The van der Waals surface area contributed by atoms with Crippen LogP contribution < -0.4 is 5.32 Å². The van der Waals surface area contributed by atoms with Crippen molar-refractivity contribution >= 4 is 11.7 Å². The largest absolute Gasteiger partial charge is 0.363 e. The number of hydrogen-bond donors (Lipinski definition) is 1. The molecule has 1 unspecified atom stereocenters. The molecule has 0 bridgehead atoms. The Bertz CT molecular complexity index is 1220. The number of carbonyl (C=O) groups is 1. The summed E-state index contributed by atoms with van der Waals surface area (Å²) in [5, 5.41) is 3.12. The maximum atomic E-state index is 15.1. The van der Waals surface area contributed by atoms with Crippen LogP contribution in [0.5, 0.6) is 0 Å². The first-order valence-electron chi connectivity index (χ1n) is 10.8.